The lowest BCUT2D eigenvalue weighted by Crippen LogP contribution is -2.28. The highest BCUT2D eigenvalue weighted by atomic mass is 16.5. The topological polar surface area (TPSA) is 111 Å². The highest BCUT2D eigenvalue weighted by Gasteiger charge is 2.23. The number of ether oxygens (including phenoxy) is 2. The van der Waals surface area contributed by atoms with Crippen molar-refractivity contribution in [2.45, 2.75) is 32.1 Å². The van der Waals surface area contributed by atoms with Crippen LogP contribution < -0.4 is 14.8 Å². The molecule has 5 rings (SSSR count). The first-order chi connectivity index (χ1) is 15.7. The van der Waals surface area contributed by atoms with Gasteiger partial charge in [0.15, 0.2) is 11.5 Å². The summed E-state index contributed by atoms with van der Waals surface area (Å²) in [5.41, 5.74) is 4.76. The molecule has 1 fully saturated rings. The van der Waals surface area contributed by atoms with Gasteiger partial charge in [-0.25, -0.2) is 9.97 Å². The molecule has 0 amide bonds. The lowest BCUT2D eigenvalue weighted by molar-refractivity contribution is 0.355. The first-order valence-electron chi connectivity index (χ1n) is 10.9. The minimum Gasteiger partial charge on any atom is -0.493 e. The summed E-state index contributed by atoms with van der Waals surface area (Å²) in [6.07, 6.45) is 4.71. The molecule has 9 nitrogen and oxygen atoms in total. The zero-order valence-electron chi connectivity index (χ0n) is 18.4. The molecule has 0 spiro atoms. The van der Waals surface area contributed by atoms with Crippen LogP contribution in [0.2, 0.25) is 0 Å². The molecular weight excluding hydrogens is 408 g/mol. The lowest BCUT2D eigenvalue weighted by atomic mass is 10.00. The Morgan fingerprint density at radius 2 is 2.03 bits per heavy atom. The molecule has 0 bridgehead atoms. The van der Waals surface area contributed by atoms with Gasteiger partial charge in [0.2, 0.25) is 11.7 Å². The summed E-state index contributed by atoms with van der Waals surface area (Å²) in [4.78, 5) is 12.7. The van der Waals surface area contributed by atoms with Crippen molar-refractivity contribution < 1.29 is 13.9 Å². The molecule has 166 valence electrons. The van der Waals surface area contributed by atoms with Gasteiger partial charge in [0.1, 0.15) is 0 Å². The molecule has 1 aliphatic rings. The quantitative estimate of drug-likeness (QED) is 0.472. The Hall–Kier alpha value is -3.46. The third kappa shape index (κ3) is 3.58. The van der Waals surface area contributed by atoms with Crippen LogP contribution in [0.1, 0.15) is 37.1 Å². The van der Waals surface area contributed by atoms with Crippen molar-refractivity contribution in [1.82, 2.24) is 30.5 Å². The van der Waals surface area contributed by atoms with Crippen molar-refractivity contribution in [3.05, 3.63) is 35.9 Å². The first kappa shape index (κ1) is 20.4. The lowest BCUT2D eigenvalue weighted by Gasteiger charge is -2.18. The zero-order valence-corrected chi connectivity index (χ0v) is 18.4. The number of hydrogen-bond acceptors (Lipinski definition) is 8. The third-order valence-electron chi connectivity index (χ3n) is 5.94. The Morgan fingerprint density at radius 3 is 2.78 bits per heavy atom. The van der Waals surface area contributed by atoms with E-state index in [1.165, 1.54) is 0 Å². The normalized spacial score (nSPS) is 16.4. The van der Waals surface area contributed by atoms with Gasteiger partial charge in [0.25, 0.3) is 5.89 Å². The molecule has 4 heterocycles. The predicted molar refractivity (Wildman–Crippen MR) is 120 cm³/mol. The average Bonchev–Trinajstić information content (AvgIpc) is 3.48. The highest BCUT2D eigenvalue weighted by molar-refractivity contribution is 5.88. The van der Waals surface area contributed by atoms with Crippen LogP contribution >= 0.6 is 0 Å². The van der Waals surface area contributed by atoms with Crippen molar-refractivity contribution in [2.75, 3.05) is 27.3 Å². The van der Waals surface area contributed by atoms with E-state index in [-0.39, 0.29) is 5.92 Å². The molecular formula is C23H26N6O3. The summed E-state index contributed by atoms with van der Waals surface area (Å²) < 4.78 is 16.8. The molecule has 9 heteroatoms. The Balaban J connectivity index is 1.53. The third-order valence-corrected chi connectivity index (χ3v) is 5.94. The molecule has 2 N–H and O–H groups in total. The maximum absolute atomic E-state index is 5.95. The molecule has 3 aromatic heterocycles. The van der Waals surface area contributed by atoms with Gasteiger partial charge in [-0.3, -0.25) is 0 Å². The highest BCUT2D eigenvalue weighted by Crippen LogP contribution is 2.36. The smallest absolute Gasteiger partial charge is 0.285 e. The molecule has 0 saturated carbocycles. The van der Waals surface area contributed by atoms with Crippen LogP contribution in [0.3, 0.4) is 0 Å². The molecule has 0 unspecified atom stereocenters. The van der Waals surface area contributed by atoms with Crippen molar-refractivity contribution in [3.63, 3.8) is 0 Å². The van der Waals surface area contributed by atoms with E-state index >= 15 is 0 Å². The molecule has 1 aromatic carbocycles. The number of benzene rings is 1. The zero-order chi connectivity index (χ0) is 22.1. The molecule has 1 aliphatic heterocycles. The van der Waals surface area contributed by atoms with Gasteiger partial charge in [-0.1, -0.05) is 6.92 Å². The second kappa shape index (κ2) is 8.58. The maximum Gasteiger partial charge on any atom is 0.285 e. The number of piperidine rings is 1. The molecule has 0 aliphatic carbocycles. The molecule has 0 radical (unpaired) electrons. The summed E-state index contributed by atoms with van der Waals surface area (Å²) in [6.45, 7) is 4.00. The summed E-state index contributed by atoms with van der Waals surface area (Å²) in [5.74, 6) is 3.03. The molecule has 4 aromatic rings. The Bertz CT molecular complexity index is 1240. The number of nitrogens with zero attached hydrogens (tertiary/aromatic N) is 4. The van der Waals surface area contributed by atoms with Crippen molar-refractivity contribution >= 4 is 11.0 Å². The summed E-state index contributed by atoms with van der Waals surface area (Å²) in [6, 6.07) is 5.86. The predicted octanol–water partition coefficient (Wildman–Crippen LogP) is 3.72. The van der Waals surface area contributed by atoms with Crippen LogP contribution in [0.4, 0.5) is 0 Å². The van der Waals surface area contributed by atoms with Crippen molar-refractivity contribution in [2.24, 2.45) is 0 Å². The number of rotatable bonds is 6. The number of nitrogens with one attached hydrogen (secondary N) is 2. The van der Waals surface area contributed by atoms with Crippen LogP contribution in [-0.4, -0.2) is 52.5 Å². The first-order valence-corrected chi connectivity index (χ1v) is 10.9. The van der Waals surface area contributed by atoms with Gasteiger partial charge >= 0.3 is 0 Å². The fraction of sp³-hybridized carbons (Fsp3) is 0.391. The second-order valence-electron chi connectivity index (χ2n) is 7.85. The Morgan fingerprint density at radius 1 is 1.16 bits per heavy atom. The van der Waals surface area contributed by atoms with Gasteiger partial charge in [-0.05, 0) is 44.0 Å². The van der Waals surface area contributed by atoms with E-state index in [4.69, 9.17) is 18.9 Å². The van der Waals surface area contributed by atoms with E-state index in [9.17, 15) is 0 Å². The van der Waals surface area contributed by atoms with E-state index in [0.29, 0.717) is 29.1 Å². The van der Waals surface area contributed by atoms with Crippen molar-refractivity contribution in [1.29, 1.82) is 0 Å². The average molecular weight is 435 g/mol. The molecule has 1 saturated heterocycles. The van der Waals surface area contributed by atoms with E-state index < -0.39 is 0 Å². The fourth-order valence-electron chi connectivity index (χ4n) is 4.27. The number of H-pyrrole nitrogens is 1. The number of hydrogen-bond donors (Lipinski definition) is 2. The monoisotopic (exact) mass is 434 g/mol. The maximum atomic E-state index is 5.95. The summed E-state index contributed by atoms with van der Waals surface area (Å²) in [7, 11) is 3.26. The Labute approximate surface area is 185 Å². The van der Waals surface area contributed by atoms with Gasteiger partial charge < -0.3 is 24.2 Å². The van der Waals surface area contributed by atoms with E-state index in [1.54, 1.807) is 20.4 Å². The minimum atomic E-state index is 0.240. The fourth-order valence-corrected chi connectivity index (χ4v) is 4.27. The van der Waals surface area contributed by atoms with Crippen LogP contribution in [-0.2, 0) is 6.42 Å². The number of aryl methyl sites for hydroxylation is 1. The Kier molecular flexibility index (Phi) is 5.48. The number of methoxy groups -OCH3 is 2. The molecule has 1 atom stereocenters. The van der Waals surface area contributed by atoms with E-state index in [2.05, 4.69) is 32.4 Å². The van der Waals surface area contributed by atoms with E-state index in [0.717, 1.165) is 60.2 Å². The van der Waals surface area contributed by atoms with Gasteiger partial charge in [-0.15, -0.1) is 10.2 Å². The minimum absolute atomic E-state index is 0.240. The van der Waals surface area contributed by atoms with Crippen LogP contribution in [0, 0.1) is 0 Å². The summed E-state index contributed by atoms with van der Waals surface area (Å²) in [5, 5.41) is 11.9. The van der Waals surface area contributed by atoms with Gasteiger partial charge in [-0.2, -0.15) is 0 Å². The summed E-state index contributed by atoms with van der Waals surface area (Å²) >= 11 is 0. The number of aromatic amines is 1. The standard InChI is InChI=1S/C23H26N6O3/c1-4-15-19(13-7-8-17(30-2)18(10-13)31-3)26-16-12-25-21(27-20(15)16)23-29-28-22(32-23)14-6-5-9-24-11-14/h7-8,10,12,14,24,26H,4-6,9,11H2,1-3H3/t14-/m1/s1. The number of fused-ring (bicyclic) bond motifs is 1. The molecule has 32 heavy (non-hydrogen) atoms. The largest absolute Gasteiger partial charge is 0.493 e. The van der Waals surface area contributed by atoms with Crippen LogP contribution in [0.25, 0.3) is 34.0 Å². The van der Waals surface area contributed by atoms with Gasteiger partial charge in [0, 0.05) is 23.6 Å². The SMILES string of the molecule is CCc1c(-c2ccc(OC)c(OC)c2)[nH]c2cnc(-c3nnc([C@@H]4CCCNC4)o3)nc12. The second-order valence-corrected chi connectivity index (χ2v) is 7.85. The number of aromatic nitrogens is 5. The van der Waals surface area contributed by atoms with Crippen molar-refractivity contribution in [3.8, 4) is 34.5 Å². The van der Waals surface area contributed by atoms with Gasteiger partial charge in [0.05, 0.1) is 37.1 Å². The van der Waals surface area contributed by atoms with Crippen LogP contribution in [0.15, 0.2) is 28.8 Å². The van der Waals surface area contributed by atoms with E-state index in [1.807, 2.05) is 18.2 Å². The van der Waals surface area contributed by atoms with Crippen LogP contribution in [0.5, 0.6) is 11.5 Å².